The molecule has 0 aliphatic heterocycles. The highest BCUT2D eigenvalue weighted by molar-refractivity contribution is 6.30. The lowest BCUT2D eigenvalue weighted by Gasteiger charge is -2.12. The van der Waals surface area contributed by atoms with Gasteiger partial charge in [0.25, 0.3) is 5.91 Å². The SMILES string of the molecule is Cc1ccc(Nc2ncnc(NNC(=O)c3cccc(Cl)c3)c2[N+](=O)[O-])cc1C. The Bertz CT molecular complexity index is 1090. The number of amides is 1. The van der Waals surface area contributed by atoms with Crippen molar-refractivity contribution in [2.75, 3.05) is 10.7 Å². The van der Waals surface area contributed by atoms with Gasteiger partial charge in [0.1, 0.15) is 6.33 Å². The van der Waals surface area contributed by atoms with Gasteiger partial charge in [0.05, 0.1) is 4.92 Å². The van der Waals surface area contributed by atoms with Crippen LogP contribution >= 0.6 is 11.6 Å². The van der Waals surface area contributed by atoms with Crippen molar-refractivity contribution < 1.29 is 9.72 Å². The summed E-state index contributed by atoms with van der Waals surface area (Å²) >= 11 is 5.87. The van der Waals surface area contributed by atoms with E-state index in [1.165, 1.54) is 6.07 Å². The number of rotatable bonds is 6. The van der Waals surface area contributed by atoms with Crippen LogP contribution in [0.25, 0.3) is 0 Å². The fourth-order valence-electron chi connectivity index (χ4n) is 2.51. The third-order valence-electron chi connectivity index (χ3n) is 4.16. The highest BCUT2D eigenvalue weighted by Gasteiger charge is 2.24. The number of nitro groups is 1. The smallest absolute Gasteiger partial charge is 0.334 e. The van der Waals surface area contributed by atoms with Crippen molar-refractivity contribution >= 4 is 40.5 Å². The Hall–Kier alpha value is -3.72. The quantitative estimate of drug-likeness (QED) is 0.410. The van der Waals surface area contributed by atoms with E-state index in [9.17, 15) is 14.9 Å². The first kappa shape index (κ1) is 20.0. The Morgan fingerprint density at radius 3 is 2.52 bits per heavy atom. The second-order valence-electron chi connectivity index (χ2n) is 6.19. The zero-order chi connectivity index (χ0) is 21.0. The van der Waals surface area contributed by atoms with Crippen molar-refractivity contribution in [3.63, 3.8) is 0 Å². The van der Waals surface area contributed by atoms with Crippen molar-refractivity contribution in [3.05, 3.63) is 80.6 Å². The van der Waals surface area contributed by atoms with Gasteiger partial charge in [0, 0.05) is 16.3 Å². The predicted octanol–water partition coefficient (Wildman–Crippen LogP) is 4.16. The minimum atomic E-state index is -0.628. The van der Waals surface area contributed by atoms with E-state index in [0.717, 1.165) is 17.5 Å². The fourth-order valence-corrected chi connectivity index (χ4v) is 2.70. The summed E-state index contributed by atoms with van der Waals surface area (Å²) in [5.41, 5.74) is 7.51. The average molecular weight is 413 g/mol. The maximum absolute atomic E-state index is 12.2. The van der Waals surface area contributed by atoms with Crippen LogP contribution in [0, 0.1) is 24.0 Å². The van der Waals surface area contributed by atoms with Crippen molar-refractivity contribution in [1.29, 1.82) is 0 Å². The summed E-state index contributed by atoms with van der Waals surface area (Å²) in [4.78, 5) is 31.1. The molecular weight excluding hydrogens is 396 g/mol. The molecule has 0 aliphatic rings. The van der Waals surface area contributed by atoms with Crippen LogP contribution in [0.3, 0.4) is 0 Å². The van der Waals surface area contributed by atoms with Gasteiger partial charge in [0.2, 0.25) is 11.6 Å². The van der Waals surface area contributed by atoms with Gasteiger partial charge < -0.3 is 5.32 Å². The Labute approximate surface area is 171 Å². The summed E-state index contributed by atoms with van der Waals surface area (Å²) in [5.74, 6) is -0.691. The maximum Gasteiger partial charge on any atom is 0.355 e. The van der Waals surface area contributed by atoms with Gasteiger partial charge in [-0.3, -0.25) is 25.8 Å². The van der Waals surface area contributed by atoms with Crippen LogP contribution in [0.2, 0.25) is 5.02 Å². The van der Waals surface area contributed by atoms with Crippen LogP contribution in [-0.4, -0.2) is 20.8 Å². The largest absolute Gasteiger partial charge is 0.355 e. The molecule has 0 unspecified atom stereocenters. The van der Waals surface area contributed by atoms with E-state index in [4.69, 9.17) is 11.6 Å². The van der Waals surface area contributed by atoms with E-state index >= 15 is 0 Å². The summed E-state index contributed by atoms with van der Waals surface area (Å²) in [6.45, 7) is 3.91. The molecule has 0 bridgehead atoms. The van der Waals surface area contributed by atoms with Gasteiger partial charge in [-0.25, -0.2) is 9.97 Å². The van der Waals surface area contributed by atoms with Crippen LogP contribution in [0.1, 0.15) is 21.5 Å². The summed E-state index contributed by atoms with van der Waals surface area (Å²) in [7, 11) is 0. The lowest BCUT2D eigenvalue weighted by Crippen LogP contribution is -2.30. The normalized spacial score (nSPS) is 10.3. The number of aromatic nitrogens is 2. The third-order valence-corrected chi connectivity index (χ3v) is 4.39. The van der Waals surface area contributed by atoms with E-state index < -0.39 is 16.5 Å². The topological polar surface area (TPSA) is 122 Å². The molecule has 0 radical (unpaired) electrons. The van der Waals surface area contributed by atoms with E-state index in [1.807, 2.05) is 26.0 Å². The molecule has 148 valence electrons. The second-order valence-corrected chi connectivity index (χ2v) is 6.63. The highest BCUT2D eigenvalue weighted by Crippen LogP contribution is 2.31. The standard InChI is InChI=1S/C19H17ClN6O3/c1-11-6-7-15(8-12(11)2)23-17-16(26(28)29)18(22-10-21-17)24-25-19(27)13-4-3-5-14(20)9-13/h3-10H,1-2H3,(H,25,27)(H2,21,22,23,24). The monoisotopic (exact) mass is 412 g/mol. The first-order chi connectivity index (χ1) is 13.8. The van der Waals surface area contributed by atoms with Gasteiger partial charge >= 0.3 is 5.69 Å². The minimum Gasteiger partial charge on any atom is -0.334 e. The number of nitrogens with zero attached hydrogens (tertiary/aromatic N) is 3. The molecule has 10 heteroatoms. The first-order valence-electron chi connectivity index (χ1n) is 8.50. The fraction of sp³-hybridized carbons (Fsp3) is 0.105. The third kappa shape index (κ3) is 4.77. The lowest BCUT2D eigenvalue weighted by molar-refractivity contribution is -0.383. The van der Waals surface area contributed by atoms with Crippen molar-refractivity contribution in [2.45, 2.75) is 13.8 Å². The molecule has 29 heavy (non-hydrogen) atoms. The van der Waals surface area contributed by atoms with Crippen LogP contribution in [-0.2, 0) is 0 Å². The Kier molecular flexibility index (Phi) is 5.89. The molecule has 0 saturated carbocycles. The number of nitrogens with one attached hydrogen (secondary N) is 3. The number of hydrazine groups is 1. The Morgan fingerprint density at radius 2 is 1.83 bits per heavy atom. The number of benzene rings is 2. The average Bonchev–Trinajstić information content (AvgIpc) is 2.68. The summed E-state index contributed by atoms with van der Waals surface area (Å²) < 4.78 is 0. The molecular formula is C19H17ClN6O3. The molecule has 3 aromatic rings. The maximum atomic E-state index is 12.2. The lowest BCUT2D eigenvalue weighted by atomic mass is 10.1. The molecule has 0 aliphatic carbocycles. The van der Waals surface area contributed by atoms with Crippen molar-refractivity contribution in [3.8, 4) is 0 Å². The van der Waals surface area contributed by atoms with Crippen molar-refractivity contribution in [2.24, 2.45) is 0 Å². The number of hydrogen-bond acceptors (Lipinski definition) is 7. The summed E-state index contributed by atoms with van der Waals surface area (Å²) in [6.07, 6.45) is 1.16. The first-order valence-corrected chi connectivity index (χ1v) is 8.88. The molecule has 1 aromatic heterocycles. The van der Waals surface area contributed by atoms with E-state index in [-0.39, 0.29) is 17.2 Å². The molecule has 0 atom stereocenters. The number of carbonyl (C=O) groups excluding carboxylic acids is 1. The number of carbonyl (C=O) groups is 1. The van der Waals surface area contributed by atoms with E-state index in [2.05, 4.69) is 26.1 Å². The van der Waals surface area contributed by atoms with E-state index in [1.54, 1.807) is 24.3 Å². The minimum absolute atomic E-state index is 0.00671. The van der Waals surface area contributed by atoms with Gasteiger partial charge in [0.15, 0.2) is 0 Å². The zero-order valence-corrected chi connectivity index (χ0v) is 16.3. The number of anilines is 3. The van der Waals surface area contributed by atoms with Gasteiger partial charge in [-0.15, -0.1) is 0 Å². The number of aryl methyl sites for hydroxylation is 2. The molecule has 0 saturated heterocycles. The Balaban J connectivity index is 1.83. The van der Waals surface area contributed by atoms with Crippen LogP contribution < -0.4 is 16.2 Å². The molecule has 2 aromatic carbocycles. The molecule has 0 spiro atoms. The predicted molar refractivity (Wildman–Crippen MR) is 110 cm³/mol. The molecule has 9 nitrogen and oxygen atoms in total. The molecule has 1 heterocycles. The second kappa shape index (κ2) is 8.53. The van der Waals surface area contributed by atoms with Crippen LogP contribution in [0.15, 0.2) is 48.8 Å². The molecule has 3 rings (SSSR count). The van der Waals surface area contributed by atoms with Crippen LogP contribution in [0.5, 0.6) is 0 Å². The molecule has 3 N–H and O–H groups in total. The molecule has 0 fully saturated rings. The molecule has 1 amide bonds. The van der Waals surface area contributed by atoms with Gasteiger partial charge in [-0.1, -0.05) is 23.7 Å². The summed E-state index contributed by atoms with van der Waals surface area (Å²) in [5, 5.41) is 14.9. The van der Waals surface area contributed by atoms with Crippen LogP contribution in [0.4, 0.5) is 23.0 Å². The number of hydrogen-bond donors (Lipinski definition) is 3. The van der Waals surface area contributed by atoms with Gasteiger partial charge in [-0.2, -0.15) is 0 Å². The van der Waals surface area contributed by atoms with Gasteiger partial charge in [-0.05, 0) is 55.3 Å². The van der Waals surface area contributed by atoms with Crippen molar-refractivity contribution in [1.82, 2.24) is 15.4 Å². The Morgan fingerprint density at radius 1 is 1.07 bits per heavy atom. The zero-order valence-electron chi connectivity index (χ0n) is 15.6. The van der Waals surface area contributed by atoms with E-state index in [0.29, 0.717) is 10.7 Å². The number of halogens is 1. The highest BCUT2D eigenvalue weighted by atomic mass is 35.5. The summed E-state index contributed by atoms with van der Waals surface area (Å²) in [6, 6.07) is 11.8.